The van der Waals surface area contributed by atoms with E-state index in [2.05, 4.69) is 10.2 Å². The van der Waals surface area contributed by atoms with Crippen LogP contribution in [0.2, 0.25) is 0 Å². The number of hydrogen-bond acceptors (Lipinski definition) is 5. The summed E-state index contributed by atoms with van der Waals surface area (Å²) in [6, 6.07) is 7.47. The fourth-order valence-electron chi connectivity index (χ4n) is 3.46. The van der Waals surface area contributed by atoms with Gasteiger partial charge in [-0.25, -0.2) is 4.79 Å². The van der Waals surface area contributed by atoms with Crippen molar-refractivity contribution in [2.24, 2.45) is 11.7 Å². The molecule has 3 N–H and O–H groups in total. The molecule has 0 saturated carbocycles. The van der Waals surface area contributed by atoms with Gasteiger partial charge in [0.05, 0.1) is 5.92 Å². The number of carbonyl (C=O) groups is 1. The van der Waals surface area contributed by atoms with Gasteiger partial charge in [-0.15, -0.1) is 0 Å². The number of likely N-dealkylation sites (tertiary alicyclic amines) is 1. The minimum absolute atomic E-state index is 0.0195. The van der Waals surface area contributed by atoms with Crippen molar-refractivity contribution in [1.29, 1.82) is 0 Å². The van der Waals surface area contributed by atoms with Crippen molar-refractivity contribution < 1.29 is 9.21 Å². The number of amides is 1. The van der Waals surface area contributed by atoms with Crippen LogP contribution in [0.5, 0.6) is 0 Å². The van der Waals surface area contributed by atoms with Crippen molar-refractivity contribution in [3.63, 3.8) is 0 Å². The number of nitrogens with one attached hydrogen (secondary N) is 1. The molecule has 1 aliphatic rings. The quantitative estimate of drug-likeness (QED) is 0.801. The fraction of sp³-hybridized carbons (Fsp3) is 0.474. The second kappa shape index (κ2) is 7.80. The first kappa shape index (κ1) is 17.6. The molecule has 1 atom stereocenters. The van der Waals surface area contributed by atoms with Gasteiger partial charge in [-0.2, -0.15) is 0 Å². The molecule has 0 radical (unpaired) electrons. The lowest BCUT2D eigenvalue weighted by molar-refractivity contribution is -0.126. The summed E-state index contributed by atoms with van der Waals surface area (Å²) in [6.45, 7) is 5.21. The molecule has 2 aromatic rings. The van der Waals surface area contributed by atoms with Gasteiger partial charge in [0.15, 0.2) is 0 Å². The summed E-state index contributed by atoms with van der Waals surface area (Å²) in [5.74, 6) is 0.0529. The van der Waals surface area contributed by atoms with E-state index in [1.165, 1.54) is 0 Å². The van der Waals surface area contributed by atoms with E-state index in [0.717, 1.165) is 35.9 Å². The summed E-state index contributed by atoms with van der Waals surface area (Å²) in [5, 5.41) is 3.83. The van der Waals surface area contributed by atoms with Crippen LogP contribution < -0.4 is 16.7 Å². The monoisotopic (exact) mass is 343 g/mol. The SMILES string of the molecule is Cc1ccc2c(CN3CCCC(C(=O)NCCN)C3)cc(=O)oc2c1. The van der Waals surface area contributed by atoms with Gasteiger partial charge >= 0.3 is 5.63 Å². The Labute approximate surface area is 147 Å². The molecule has 0 aliphatic carbocycles. The molecular weight excluding hydrogens is 318 g/mol. The number of carbonyl (C=O) groups excluding carboxylic acids is 1. The van der Waals surface area contributed by atoms with E-state index in [-0.39, 0.29) is 17.5 Å². The number of nitrogens with zero attached hydrogens (tertiary/aromatic N) is 1. The molecule has 25 heavy (non-hydrogen) atoms. The molecule has 1 aromatic carbocycles. The summed E-state index contributed by atoms with van der Waals surface area (Å²) in [4.78, 5) is 26.3. The van der Waals surface area contributed by atoms with Gasteiger partial charge in [0.2, 0.25) is 5.91 Å². The molecule has 6 heteroatoms. The molecule has 0 bridgehead atoms. The van der Waals surface area contributed by atoms with Crippen LogP contribution in [0.1, 0.15) is 24.0 Å². The second-order valence-corrected chi connectivity index (χ2v) is 6.74. The van der Waals surface area contributed by atoms with Crippen LogP contribution in [0.15, 0.2) is 33.5 Å². The van der Waals surface area contributed by atoms with E-state index in [1.807, 2.05) is 25.1 Å². The number of fused-ring (bicyclic) bond motifs is 1. The van der Waals surface area contributed by atoms with Gasteiger partial charge in [-0.3, -0.25) is 9.69 Å². The third kappa shape index (κ3) is 4.27. The average Bonchev–Trinajstić information content (AvgIpc) is 2.59. The van der Waals surface area contributed by atoms with Gasteiger partial charge in [-0.1, -0.05) is 12.1 Å². The predicted octanol–water partition coefficient (Wildman–Crippen LogP) is 1.39. The Bertz CT molecular complexity index is 815. The molecule has 0 spiro atoms. The third-order valence-electron chi connectivity index (χ3n) is 4.70. The van der Waals surface area contributed by atoms with Crippen molar-refractivity contribution >= 4 is 16.9 Å². The molecule has 134 valence electrons. The van der Waals surface area contributed by atoms with Crippen LogP contribution in [-0.2, 0) is 11.3 Å². The molecule has 1 unspecified atom stereocenters. The molecule has 1 aliphatic heterocycles. The van der Waals surface area contributed by atoms with Gasteiger partial charge in [0, 0.05) is 37.6 Å². The summed E-state index contributed by atoms with van der Waals surface area (Å²) in [5.41, 5.74) is 7.75. The zero-order chi connectivity index (χ0) is 17.8. The van der Waals surface area contributed by atoms with E-state index in [1.54, 1.807) is 6.07 Å². The first-order valence-electron chi connectivity index (χ1n) is 8.80. The topological polar surface area (TPSA) is 88.6 Å². The molecular formula is C19H25N3O3. The number of piperidine rings is 1. The molecule has 1 saturated heterocycles. The van der Waals surface area contributed by atoms with Crippen molar-refractivity contribution in [2.45, 2.75) is 26.3 Å². The molecule has 1 amide bonds. The average molecular weight is 343 g/mol. The Morgan fingerprint density at radius 1 is 1.40 bits per heavy atom. The summed E-state index contributed by atoms with van der Waals surface area (Å²) in [7, 11) is 0. The molecule has 1 aromatic heterocycles. The maximum atomic E-state index is 12.2. The highest BCUT2D eigenvalue weighted by Gasteiger charge is 2.26. The van der Waals surface area contributed by atoms with Crippen molar-refractivity contribution in [3.05, 3.63) is 45.8 Å². The largest absolute Gasteiger partial charge is 0.423 e. The van der Waals surface area contributed by atoms with Gasteiger partial charge in [0.1, 0.15) is 5.58 Å². The number of aryl methyl sites for hydroxylation is 1. The normalized spacial score (nSPS) is 18.4. The summed E-state index contributed by atoms with van der Waals surface area (Å²) < 4.78 is 5.33. The predicted molar refractivity (Wildman–Crippen MR) is 97.3 cm³/mol. The standard InChI is InChI=1S/C19H25N3O3/c1-13-4-5-16-15(10-18(23)25-17(16)9-13)12-22-8-2-3-14(11-22)19(24)21-7-6-20/h4-5,9-10,14H,2-3,6-8,11-12,20H2,1H3,(H,21,24). The Hall–Kier alpha value is -2.18. The van der Waals surface area contributed by atoms with E-state index in [0.29, 0.717) is 31.8 Å². The Balaban J connectivity index is 1.77. The summed E-state index contributed by atoms with van der Waals surface area (Å²) in [6.07, 6.45) is 1.86. The van der Waals surface area contributed by atoms with Gasteiger partial charge in [0.25, 0.3) is 0 Å². The fourth-order valence-corrected chi connectivity index (χ4v) is 3.46. The number of hydrogen-bond donors (Lipinski definition) is 2. The minimum Gasteiger partial charge on any atom is -0.423 e. The van der Waals surface area contributed by atoms with Crippen LogP contribution in [-0.4, -0.2) is 37.0 Å². The second-order valence-electron chi connectivity index (χ2n) is 6.74. The Morgan fingerprint density at radius 3 is 3.04 bits per heavy atom. The van der Waals surface area contributed by atoms with Gasteiger partial charge in [-0.05, 0) is 43.5 Å². The first-order valence-corrected chi connectivity index (χ1v) is 8.80. The van der Waals surface area contributed by atoms with Crippen molar-refractivity contribution in [1.82, 2.24) is 10.2 Å². The lowest BCUT2D eigenvalue weighted by Crippen LogP contribution is -2.43. The number of rotatable bonds is 5. The van der Waals surface area contributed by atoms with E-state index in [9.17, 15) is 9.59 Å². The maximum Gasteiger partial charge on any atom is 0.336 e. The maximum absolute atomic E-state index is 12.2. The Kier molecular flexibility index (Phi) is 5.50. The number of benzene rings is 1. The van der Waals surface area contributed by atoms with E-state index < -0.39 is 0 Å². The van der Waals surface area contributed by atoms with Crippen LogP contribution in [0.3, 0.4) is 0 Å². The number of nitrogens with two attached hydrogens (primary N) is 1. The highest BCUT2D eigenvalue weighted by atomic mass is 16.4. The van der Waals surface area contributed by atoms with Crippen LogP contribution in [0.4, 0.5) is 0 Å². The molecule has 1 fully saturated rings. The first-order chi connectivity index (χ1) is 12.1. The van der Waals surface area contributed by atoms with Crippen molar-refractivity contribution in [2.75, 3.05) is 26.2 Å². The molecule has 3 rings (SSSR count). The smallest absolute Gasteiger partial charge is 0.336 e. The lowest BCUT2D eigenvalue weighted by Gasteiger charge is -2.32. The van der Waals surface area contributed by atoms with Crippen LogP contribution in [0, 0.1) is 12.8 Å². The van der Waals surface area contributed by atoms with E-state index >= 15 is 0 Å². The lowest BCUT2D eigenvalue weighted by atomic mass is 9.96. The Morgan fingerprint density at radius 2 is 2.24 bits per heavy atom. The van der Waals surface area contributed by atoms with E-state index in [4.69, 9.17) is 10.2 Å². The van der Waals surface area contributed by atoms with Crippen molar-refractivity contribution in [3.8, 4) is 0 Å². The minimum atomic E-state index is -0.331. The highest BCUT2D eigenvalue weighted by molar-refractivity contribution is 5.81. The van der Waals surface area contributed by atoms with Gasteiger partial charge < -0.3 is 15.5 Å². The highest BCUT2D eigenvalue weighted by Crippen LogP contribution is 2.23. The zero-order valence-corrected chi connectivity index (χ0v) is 14.6. The molecule has 6 nitrogen and oxygen atoms in total. The zero-order valence-electron chi connectivity index (χ0n) is 14.6. The van der Waals surface area contributed by atoms with Crippen LogP contribution in [0.25, 0.3) is 11.0 Å². The molecule has 2 heterocycles. The summed E-state index contributed by atoms with van der Waals surface area (Å²) >= 11 is 0. The third-order valence-corrected chi connectivity index (χ3v) is 4.70. The van der Waals surface area contributed by atoms with Crippen LogP contribution >= 0.6 is 0 Å².